The van der Waals surface area contributed by atoms with Crippen molar-refractivity contribution in [2.75, 3.05) is 0 Å². The summed E-state index contributed by atoms with van der Waals surface area (Å²) in [6.45, 7) is 7.92. The molecule has 2 nitrogen and oxygen atoms in total. The SMILES string of the molecule is CC(N=C(N)C(C)(C)C)c1cccc(F)c1. The number of amidine groups is 1. The molecule has 0 amide bonds. The lowest BCUT2D eigenvalue weighted by molar-refractivity contribution is 0.575. The molecule has 0 saturated carbocycles. The normalized spacial score (nSPS) is 14.9. The zero-order valence-electron chi connectivity index (χ0n) is 10.3. The van der Waals surface area contributed by atoms with Crippen LogP contribution < -0.4 is 5.73 Å². The molecule has 0 aliphatic rings. The van der Waals surface area contributed by atoms with E-state index in [1.54, 1.807) is 6.07 Å². The number of hydrogen-bond acceptors (Lipinski definition) is 1. The molecule has 0 bridgehead atoms. The summed E-state index contributed by atoms with van der Waals surface area (Å²) in [4.78, 5) is 4.39. The van der Waals surface area contributed by atoms with E-state index < -0.39 is 0 Å². The summed E-state index contributed by atoms with van der Waals surface area (Å²) >= 11 is 0. The van der Waals surface area contributed by atoms with Gasteiger partial charge in [-0.1, -0.05) is 32.9 Å². The lowest BCUT2D eigenvalue weighted by Crippen LogP contribution is -2.29. The van der Waals surface area contributed by atoms with Gasteiger partial charge in [-0.25, -0.2) is 4.39 Å². The third-order valence-electron chi connectivity index (χ3n) is 2.43. The standard InChI is InChI=1S/C13H19FN2/c1-9(16-12(15)13(2,3)4)10-6-5-7-11(14)8-10/h5-9H,1-4H3,(H2,15,16). The third kappa shape index (κ3) is 3.33. The van der Waals surface area contributed by atoms with E-state index in [0.29, 0.717) is 5.84 Å². The zero-order valence-corrected chi connectivity index (χ0v) is 10.3. The van der Waals surface area contributed by atoms with Gasteiger partial charge in [0.1, 0.15) is 5.82 Å². The molecule has 0 aliphatic carbocycles. The first-order valence-electron chi connectivity index (χ1n) is 5.40. The monoisotopic (exact) mass is 222 g/mol. The first kappa shape index (κ1) is 12.7. The van der Waals surface area contributed by atoms with E-state index in [1.807, 2.05) is 33.8 Å². The molecule has 1 atom stereocenters. The van der Waals surface area contributed by atoms with Crippen LogP contribution in [0.25, 0.3) is 0 Å². The third-order valence-corrected chi connectivity index (χ3v) is 2.43. The van der Waals surface area contributed by atoms with Crippen molar-refractivity contribution in [1.82, 2.24) is 0 Å². The number of halogens is 1. The Labute approximate surface area is 96.4 Å². The van der Waals surface area contributed by atoms with E-state index in [0.717, 1.165) is 5.56 Å². The molecule has 0 aromatic heterocycles. The molecule has 88 valence electrons. The van der Waals surface area contributed by atoms with Gasteiger partial charge in [-0.05, 0) is 24.6 Å². The van der Waals surface area contributed by atoms with Crippen LogP contribution in [0.4, 0.5) is 4.39 Å². The average Bonchev–Trinajstić information content (AvgIpc) is 2.16. The molecule has 2 N–H and O–H groups in total. The summed E-state index contributed by atoms with van der Waals surface area (Å²) in [6, 6.07) is 6.34. The molecule has 1 rings (SSSR count). The number of aliphatic imine (C=N–C) groups is 1. The van der Waals surface area contributed by atoms with Crippen molar-refractivity contribution in [2.24, 2.45) is 16.1 Å². The van der Waals surface area contributed by atoms with E-state index in [4.69, 9.17) is 5.73 Å². The summed E-state index contributed by atoms with van der Waals surface area (Å²) in [5.41, 5.74) is 6.57. The molecule has 16 heavy (non-hydrogen) atoms. The van der Waals surface area contributed by atoms with Crippen LogP contribution >= 0.6 is 0 Å². The Balaban J connectivity index is 2.92. The Morgan fingerprint density at radius 2 is 2.00 bits per heavy atom. The van der Waals surface area contributed by atoms with Gasteiger partial charge in [0.15, 0.2) is 0 Å². The maximum Gasteiger partial charge on any atom is 0.123 e. The van der Waals surface area contributed by atoms with E-state index >= 15 is 0 Å². The van der Waals surface area contributed by atoms with E-state index in [1.165, 1.54) is 12.1 Å². The molecule has 1 aromatic carbocycles. The second-order valence-electron chi connectivity index (χ2n) is 5.00. The second-order valence-corrected chi connectivity index (χ2v) is 5.00. The van der Waals surface area contributed by atoms with Gasteiger partial charge in [-0.2, -0.15) is 0 Å². The molecule has 0 heterocycles. The Morgan fingerprint density at radius 1 is 1.38 bits per heavy atom. The van der Waals surface area contributed by atoms with Crippen molar-refractivity contribution in [3.8, 4) is 0 Å². The van der Waals surface area contributed by atoms with Crippen LogP contribution in [0.5, 0.6) is 0 Å². The average molecular weight is 222 g/mol. The second kappa shape index (κ2) is 4.64. The predicted molar refractivity (Wildman–Crippen MR) is 65.9 cm³/mol. The van der Waals surface area contributed by atoms with Crippen molar-refractivity contribution in [2.45, 2.75) is 33.7 Å². The fraction of sp³-hybridized carbons (Fsp3) is 0.462. The van der Waals surface area contributed by atoms with Gasteiger partial charge in [0.25, 0.3) is 0 Å². The lowest BCUT2D eigenvalue weighted by Gasteiger charge is -2.19. The van der Waals surface area contributed by atoms with E-state index in [9.17, 15) is 4.39 Å². The highest BCUT2D eigenvalue weighted by molar-refractivity contribution is 5.85. The van der Waals surface area contributed by atoms with Gasteiger partial charge < -0.3 is 5.73 Å². The van der Waals surface area contributed by atoms with Crippen LogP contribution in [0.3, 0.4) is 0 Å². The Morgan fingerprint density at radius 3 is 2.50 bits per heavy atom. The summed E-state index contributed by atoms with van der Waals surface area (Å²) in [6.07, 6.45) is 0. The van der Waals surface area contributed by atoms with Crippen molar-refractivity contribution in [3.05, 3.63) is 35.6 Å². The molecule has 1 aromatic rings. The summed E-state index contributed by atoms with van der Waals surface area (Å²) < 4.78 is 13.0. The highest BCUT2D eigenvalue weighted by atomic mass is 19.1. The van der Waals surface area contributed by atoms with Gasteiger partial charge in [-0.15, -0.1) is 0 Å². The molecular formula is C13H19FN2. The molecule has 0 fully saturated rings. The highest BCUT2D eigenvalue weighted by Crippen LogP contribution is 2.21. The summed E-state index contributed by atoms with van der Waals surface area (Å²) in [5.74, 6) is 0.346. The first-order valence-corrected chi connectivity index (χ1v) is 5.40. The molecule has 0 spiro atoms. The number of nitrogens with zero attached hydrogens (tertiary/aromatic N) is 1. The zero-order chi connectivity index (χ0) is 12.3. The van der Waals surface area contributed by atoms with Crippen LogP contribution in [-0.4, -0.2) is 5.84 Å². The summed E-state index contributed by atoms with van der Waals surface area (Å²) in [7, 11) is 0. The first-order chi connectivity index (χ1) is 7.30. The van der Waals surface area contributed by atoms with Gasteiger partial charge in [-0.3, -0.25) is 4.99 Å². The van der Waals surface area contributed by atoms with Gasteiger partial charge in [0.05, 0.1) is 11.9 Å². The number of nitrogens with two attached hydrogens (primary N) is 1. The van der Waals surface area contributed by atoms with Crippen LogP contribution in [0.2, 0.25) is 0 Å². The number of rotatable bonds is 2. The van der Waals surface area contributed by atoms with Crippen molar-refractivity contribution in [1.29, 1.82) is 0 Å². The van der Waals surface area contributed by atoms with Gasteiger partial charge in [0, 0.05) is 5.41 Å². The maximum atomic E-state index is 13.0. The topological polar surface area (TPSA) is 38.4 Å². The maximum absolute atomic E-state index is 13.0. The molecular weight excluding hydrogens is 203 g/mol. The number of benzene rings is 1. The minimum atomic E-state index is -0.242. The van der Waals surface area contributed by atoms with E-state index in [2.05, 4.69) is 4.99 Å². The molecule has 1 unspecified atom stereocenters. The van der Waals surface area contributed by atoms with Crippen molar-refractivity contribution >= 4 is 5.84 Å². The van der Waals surface area contributed by atoms with E-state index in [-0.39, 0.29) is 17.3 Å². The van der Waals surface area contributed by atoms with Crippen LogP contribution in [-0.2, 0) is 0 Å². The van der Waals surface area contributed by atoms with Gasteiger partial charge in [0.2, 0.25) is 0 Å². The number of hydrogen-bond donors (Lipinski definition) is 1. The molecule has 0 radical (unpaired) electrons. The Bertz CT molecular complexity index is 391. The van der Waals surface area contributed by atoms with Crippen molar-refractivity contribution in [3.63, 3.8) is 0 Å². The van der Waals surface area contributed by atoms with Crippen LogP contribution in [0, 0.1) is 11.2 Å². The molecule has 0 saturated heterocycles. The highest BCUT2D eigenvalue weighted by Gasteiger charge is 2.16. The Kier molecular flexibility index (Phi) is 3.68. The molecule has 3 heteroatoms. The minimum absolute atomic E-state index is 0.116. The summed E-state index contributed by atoms with van der Waals surface area (Å²) in [5, 5.41) is 0. The van der Waals surface area contributed by atoms with Crippen LogP contribution in [0.1, 0.15) is 39.3 Å². The largest absolute Gasteiger partial charge is 0.387 e. The predicted octanol–water partition coefficient (Wildman–Crippen LogP) is 3.29. The van der Waals surface area contributed by atoms with Crippen molar-refractivity contribution < 1.29 is 4.39 Å². The fourth-order valence-corrected chi connectivity index (χ4v) is 1.24. The van der Waals surface area contributed by atoms with Gasteiger partial charge >= 0.3 is 0 Å². The van der Waals surface area contributed by atoms with Crippen LogP contribution in [0.15, 0.2) is 29.3 Å². The fourth-order valence-electron chi connectivity index (χ4n) is 1.24. The quantitative estimate of drug-likeness (QED) is 0.605. The minimum Gasteiger partial charge on any atom is -0.387 e. The Hall–Kier alpha value is -1.38. The lowest BCUT2D eigenvalue weighted by atomic mass is 9.95. The smallest absolute Gasteiger partial charge is 0.123 e. The molecule has 0 aliphatic heterocycles.